The van der Waals surface area contributed by atoms with Gasteiger partial charge in [-0.1, -0.05) is 6.07 Å². The van der Waals surface area contributed by atoms with Gasteiger partial charge in [0.15, 0.2) is 6.79 Å². The number of hydrogen-bond acceptors (Lipinski definition) is 6. The van der Waals surface area contributed by atoms with Crippen molar-refractivity contribution in [2.75, 3.05) is 21.0 Å². The minimum atomic E-state index is -0.846. The molecule has 1 atom stereocenters. The number of halogens is 1. The second-order valence-corrected chi connectivity index (χ2v) is 7.40. The number of nitrogens with one attached hydrogen (secondary N) is 1. The van der Waals surface area contributed by atoms with Crippen molar-refractivity contribution in [3.05, 3.63) is 27.3 Å². The summed E-state index contributed by atoms with van der Waals surface area (Å²) >= 11 is 2.13. The summed E-state index contributed by atoms with van der Waals surface area (Å²) in [7, 11) is 2.82. The zero-order chi connectivity index (χ0) is 19.0. The molecule has 25 heavy (non-hydrogen) atoms. The van der Waals surface area contributed by atoms with E-state index in [2.05, 4.69) is 27.9 Å². The first kappa shape index (κ1) is 21.5. The van der Waals surface area contributed by atoms with Crippen LogP contribution in [0.3, 0.4) is 0 Å². The monoisotopic (exact) mass is 465 g/mol. The molecule has 0 aromatic heterocycles. The van der Waals surface area contributed by atoms with Crippen LogP contribution in [0.2, 0.25) is 0 Å². The van der Waals surface area contributed by atoms with Gasteiger partial charge in [0.05, 0.1) is 10.7 Å². The number of carbonyl (C=O) groups excluding carboxylic acids is 2. The molecular weight excluding hydrogens is 441 g/mol. The highest BCUT2D eigenvalue weighted by Gasteiger charge is 2.25. The van der Waals surface area contributed by atoms with Crippen molar-refractivity contribution in [2.45, 2.75) is 38.8 Å². The molecular formula is C17H24INO6. The molecule has 1 aromatic rings. The van der Waals surface area contributed by atoms with Crippen molar-refractivity contribution in [1.29, 1.82) is 0 Å². The van der Waals surface area contributed by atoms with E-state index in [-0.39, 0.29) is 13.2 Å². The van der Waals surface area contributed by atoms with E-state index in [9.17, 15) is 9.59 Å². The van der Waals surface area contributed by atoms with Crippen molar-refractivity contribution in [2.24, 2.45) is 0 Å². The molecule has 0 saturated heterocycles. The van der Waals surface area contributed by atoms with Gasteiger partial charge in [-0.15, -0.1) is 0 Å². The summed E-state index contributed by atoms with van der Waals surface area (Å²) < 4.78 is 21.1. The van der Waals surface area contributed by atoms with Crippen molar-refractivity contribution < 1.29 is 28.5 Å². The maximum atomic E-state index is 12.0. The first-order valence-electron chi connectivity index (χ1n) is 7.63. The van der Waals surface area contributed by atoms with Gasteiger partial charge in [0, 0.05) is 13.5 Å². The largest absolute Gasteiger partial charge is 0.467 e. The maximum Gasteiger partial charge on any atom is 0.408 e. The van der Waals surface area contributed by atoms with Crippen molar-refractivity contribution >= 4 is 34.7 Å². The predicted octanol–water partition coefficient (Wildman–Crippen LogP) is 2.88. The summed E-state index contributed by atoms with van der Waals surface area (Å²) in [4.78, 5) is 23.9. The molecule has 1 aromatic carbocycles. The molecule has 0 heterocycles. The Morgan fingerprint density at radius 1 is 1.24 bits per heavy atom. The van der Waals surface area contributed by atoms with E-state index in [0.717, 1.165) is 9.13 Å². The first-order valence-corrected chi connectivity index (χ1v) is 8.71. The van der Waals surface area contributed by atoms with E-state index < -0.39 is 23.7 Å². The standard InChI is InChI=1S/C17H24INO6/c1-17(2,3)25-16(21)19-13(15(20)23-5)9-11-6-7-14(12(18)8-11)24-10-22-4/h6-8,13H,9-10H2,1-5H3,(H,19,21)/t13-/m0/s1. The Bertz CT molecular complexity index is 599. The van der Waals surface area contributed by atoms with Gasteiger partial charge in [0.25, 0.3) is 0 Å². The lowest BCUT2D eigenvalue weighted by atomic mass is 10.1. The van der Waals surface area contributed by atoms with E-state index in [0.29, 0.717) is 5.75 Å². The Labute approximate surface area is 161 Å². The summed E-state index contributed by atoms with van der Waals surface area (Å²) in [5.74, 6) is 0.140. The number of methoxy groups -OCH3 is 2. The molecule has 0 fully saturated rings. The summed E-state index contributed by atoms with van der Waals surface area (Å²) in [5.41, 5.74) is 0.195. The van der Waals surface area contributed by atoms with Gasteiger partial charge in [-0.2, -0.15) is 0 Å². The summed E-state index contributed by atoms with van der Waals surface area (Å²) in [6.07, 6.45) is -0.399. The molecule has 140 valence electrons. The van der Waals surface area contributed by atoms with E-state index in [4.69, 9.17) is 18.9 Å². The number of ether oxygens (including phenoxy) is 4. The van der Waals surface area contributed by atoms with Gasteiger partial charge in [0.1, 0.15) is 17.4 Å². The second-order valence-electron chi connectivity index (χ2n) is 6.24. The number of hydrogen-bond donors (Lipinski definition) is 1. The normalized spacial score (nSPS) is 12.2. The Balaban J connectivity index is 2.83. The summed E-state index contributed by atoms with van der Waals surface area (Å²) in [6.45, 7) is 5.41. The molecule has 1 amide bonds. The summed E-state index contributed by atoms with van der Waals surface area (Å²) in [5, 5.41) is 2.55. The fourth-order valence-electron chi connectivity index (χ4n) is 1.93. The van der Waals surface area contributed by atoms with Gasteiger partial charge < -0.3 is 24.3 Å². The number of benzene rings is 1. The Morgan fingerprint density at radius 3 is 2.44 bits per heavy atom. The molecule has 1 N–H and O–H groups in total. The van der Waals surface area contributed by atoms with Gasteiger partial charge >= 0.3 is 12.1 Å². The smallest absolute Gasteiger partial charge is 0.408 e. The van der Waals surface area contributed by atoms with Crippen LogP contribution in [0.4, 0.5) is 4.79 Å². The van der Waals surface area contributed by atoms with Crippen molar-refractivity contribution in [1.82, 2.24) is 5.32 Å². The highest BCUT2D eigenvalue weighted by atomic mass is 127. The van der Waals surface area contributed by atoms with E-state index in [1.807, 2.05) is 12.1 Å². The Kier molecular flexibility index (Phi) is 8.43. The third-order valence-electron chi connectivity index (χ3n) is 2.95. The molecule has 0 radical (unpaired) electrons. The highest BCUT2D eigenvalue weighted by molar-refractivity contribution is 14.1. The lowest BCUT2D eigenvalue weighted by molar-refractivity contribution is -0.143. The average Bonchev–Trinajstić information content (AvgIpc) is 2.51. The van der Waals surface area contributed by atoms with Crippen molar-refractivity contribution in [3.8, 4) is 5.75 Å². The highest BCUT2D eigenvalue weighted by Crippen LogP contribution is 2.23. The fourth-order valence-corrected chi connectivity index (χ4v) is 2.67. The van der Waals surface area contributed by atoms with Crippen LogP contribution in [0.25, 0.3) is 0 Å². The number of rotatable bonds is 7. The number of carbonyl (C=O) groups is 2. The molecule has 0 aliphatic carbocycles. The molecule has 8 heteroatoms. The minimum Gasteiger partial charge on any atom is -0.467 e. The van der Waals surface area contributed by atoms with Gasteiger partial charge in [0.2, 0.25) is 0 Å². The topological polar surface area (TPSA) is 83.1 Å². The summed E-state index contributed by atoms with van der Waals surface area (Å²) in [6, 6.07) is 4.64. The average molecular weight is 465 g/mol. The third kappa shape index (κ3) is 7.91. The lowest BCUT2D eigenvalue weighted by Gasteiger charge is -2.22. The van der Waals surface area contributed by atoms with Crippen LogP contribution in [0, 0.1) is 3.57 Å². The second kappa shape index (κ2) is 9.81. The quantitative estimate of drug-likeness (QED) is 0.379. The molecule has 0 aliphatic rings. The molecule has 1 rings (SSSR count). The van der Waals surface area contributed by atoms with Crippen LogP contribution in [0.15, 0.2) is 18.2 Å². The minimum absolute atomic E-state index is 0.153. The molecule has 0 bridgehead atoms. The first-order chi connectivity index (χ1) is 11.7. The molecule has 0 spiro atoms. The van der Waals surface area contributed by atoms with E-state index in [1.54, 1.807) is 33.9 Å². The predicted molar refractivity (Wildman–Crippen MR) is 101 cm³/mol. The van der Waals surface area contributed by atoms with E-state index in [1.165, 1.54) is 7.11 Å². The molecule has 0 unspecified atom stereocenters. The van der Waals surface area contributed by atoms with Gasteiger partial charge in [-0.05, 0) is 61.1 Å². The molecule has 7 nitrogen and oxygen atoms in total. The number of amides is 1. The SMILES string of the molecule is COCOc1ccc(C[C@H](NC(=O)OC(C)(C)C)C(=O)OC)cc1I. The number of esters is 1. The van der Waals surface area contributed by atoms with Crippen LogP contribution < -0.4 is 10.1 Å². The fraction of sp³-hybridized carbons (Fsp3) is 0.529. The zero-order valence-corrected chi connectivity index (χ0v) is 17.2. The van der Waals surface area contributed by atoms with Gasteiger partial charge in [-0.25, -0.2) is 9.59 Å². The molecule has 0 saturated carbocycles. The van der Waals surface area contributed by atoms with Crippen molar-refractivity contribution in [3.63, 3.8) is 0 Å². The molecule has 0 aliphatic heterocycles. The van der Waals surface area contributed by atoms with Crippen LogP contribution in [-0.2, 0) is 25.4 Å². The van der Waals surface area contributed by atoms with Crippen LogP contribution in [0.1, 0.15) is 26.3 Å². The van der Waals surface area contributed by atoms with Crippen LogP contribution >= 0.6 is 22.6 Å². The van der Waals surface area contributed by atoms with Crippen LogP contribution in [-0.4, -0.2) is 44.7 Å². The maximum absolute atomic E-state index is 12.0. The Morgan fingerprint density at radius 2 is 1.92 bits per heavy atom. The van der Waals surface area contributed by atoms with E-state index >= 15 is 0 Å². The third-order valence-corrected chi connectivity index (χ3v) is 3.79. The zero-order valence-electron chi connectivity index (χ0n) is 15.1. The number of alkyl carbamates (subject to hydrolysis) is 1. The van der Waals surface area contributed by atoms with Gasteiger partial charge in [-0.3, -0.25) is 0 Å². The Hall–Kier alpha value is -1.55. The van der Waals surface area contributed by atoms with Crippen LogP contribution in [0.5, 0.6) is 5.75 Å². The lowest BCUT2D eigenvalue weighted by Crippen LogP contribution is -2.45.